The van der Waals surface area contributed by atoms with Gasteiger partial charge in [0.05, 0.1) is 0 Å². The van der Waals surface area contributed by atoms with Crippen molar-refractivity contribution in [3.05, 3.63) is 18.2 Å². The van der Waals surface area contributed by atoms with Crippen molar-refractivity contribution in [1.29, 1.82) is 0 Å². The Hall–Kier alpha value is -1.25. The van der Waals surface area contributed by atoms with Gasteiger partial charge in [0.15, 0.2) is 0 Å². The highest BCUT2D eigenvalue weighted by atomic mass is 15.1. The lowest BCUT2D eigenvalue weighted by molar-refractivity contribution is 0.253. The van der Waals surface area contributed by atoms with Gasteiger partial charge in [-0.25, -0.2) is 4.98 Å². The molecule has 0 saturated heterocycles. The van der Waals surface area contributed by atoms with Crippen LogP contribution in [0.5, 0.6) is 0 Å². The molecular formula is C16H27N3. The molecule has 1 fully saturated rings. The smallest absolute Gasteiger partial charge is 0.128 e. The van der Waals surface area contributed by atoms with Crippen LogP contribution in [0.1, 0.15) is 46.5 Å². The van der Waals surface area contributed by atoms with Gasteiger partial charge in [-0.2, -0.15) is 0 Å². The number of aromatic nitrogens is 1. The molecule has 3 nitrogen and oxygen atoms in total. The van der Waals surface area contributed by atoms with Crippen LogP contribution in [0.15, 0.2) is 18.2 Å². The molecule has 0 bridgehead atoms. The second-order valence-corrected chi connectivity index (χ2v) is 5.88. The molecule has 1 aromatic rings. The van der Waals surface area contributed by atoms with Crippen molar-refractivity contribution < 1.29 is 0 Å². The van der Waals surface area contributed by atoms with Gasteiger partial charge in [0.1, 0.15) is 11.6 Å². The summed E-state index contributed by atoms with van der Waals surface area (Å²) < 4.78 is 0. The first-order valence-corrected chi connectivity index (χ1v) is 7.68. The Morgan fingerprint density at radius 1 is 1.21 bits per heavy atom. The van der Waals surface area contributed by atoms with E-state index in [9.17, 15) is 0 Å². The summed E-state index contributed by atoms with van der Waals surface area (Å²) in [4.78, 5) is 4.63. The van der Waals surface area contributed by atoms with Crippen LogP contribution in [0, 0.1) is 11.8 Å². The maximum atomic E-state index is 4.63. The summed E-state index contributed by atoms with van der Waals surface area (Å²) in [6, 6.07) is 6.75. The standard InChI is InChI=1S/C16H27N3/c1-4-17-15-10-7-11-16(19-15)18-14-9-6-5-8-13(14)12(2)3/h7,10-14H,4-6,8-9H2,1-3H3,(H2,17,18,19). The fourth-order valence-electron chi connectivity index (χ4n) is 3.12. The monoisotopic (exact) mass is 261 g/mol. The van der Waals surface area contributed by atoms with E-state index < -0.39 is 0 Å². The highest BCUT2D eigenvalue weighted by Gasteiger charge is 2.27. The molecule has 1 aromatic heterocycles. The number of nitrogens with zero attached hydrogens (tertiary/aromatic N) is 1. The summed E-state index contributed by atoms with van der Waals surface area (Å²) >= 11 is 0. The Morgan fingerprint density at radius 3 is 2.68 bits per heavy atom. The average Bonchev–Trinajstić information content (AvgIpc) is 2.40. The summed E-state index contributed by atoms with van der Waals surface area (Å²) in [6.45, 7) is 7.69. The summed E-state index contributed by atoms with van der Waals surface area (Å²) in [7, 11) is 0. The molecule has 1 heterocycles. The highest BCUT2D eigenvalue weighted by molar-refractivity contribution is 5.45. The van der Waals surface area contributed by atoms with Crippen molar-refractivity contribution in [3.8, 4) is 0 Å². The van der Waals surface area contributed by atoms with Crippen molar-refractivity contribution in [3.63, 3.8) is 0 Å². The van der Waals surface area contributed by atoms with E-state index >= 15 is 0 Å². The first-order valence-electron chi connectivity index (χ1n) is 7.68. The molecule has 0 radical (unpaired) electrons. The van der Waals surface area contributed by atoms with Gasteiger partial charge in [-0.3, -0.25) is 0 Å². The van der Waals surface area contributed by atoms with Gasteiger partial charge in [0.2, 0.25) is 0 Å². The van der Waals surface area contributed by atoms with E-state index in [2.05, 4.69) is 48.5 Å². The SMILES string of the molecule is CCNc1cccc(NC2CCCCC2C(C)C)n1. The maximum Gasteiger partial charge on any atom is 0.128 e. The molecule has 0 amide bonds. The average molecular weight is 261 g/mol. The molecule has 2 unspecified atom stereocenters. The largest absolute Gasteiger partial charge is 0.370 e. The molecule has 19 heavy (non-hydrogen) atoms. The number of rotatable bonds is 5. The first kappa shape index (κ1) is 14.2. The van der Waals surface area contributed by atoms with Crippen molar-refractivity contribution >= 4 is 11.6 Å². The van der Waals surface area contributed by atoms with Gasteiger partial charge in [-0.05, 0) is 43.7 Å². The number of pyridine rings is 1. The Kier molecular flexibility index (Phi) is 5.06. The van der Waals surface area contributed by atoms with E-state index in [0.717, 1.165) is 30.0 Å². The second-order valence-electron chi connectivity index (χ2n) is 5.88. The quantitative estimate of drug-likeness (QED) is 0.836. The van der Waals surface area contributed by atoms with E-state index in [1.165, 1.54) is 25.7 Å². The molecular weight excluding hydrogens is 234 g/mol. The van der Waals surface area contributed by atoms with E-state index in [4.69, 9.17) is 0 Å². The van der Waals surface area contributed by atoms with Gasteiger partial charge in [-0.1, -0.05) is 32.8 Å². The van der Waals surface area contributed by atoms with Crippen molar-refractivity contribution in [2.75, 3.05) is 17.2 Å². The van der Waals surface area contributed by atoms with Crippen LogP contribution in [0.25, 0.3) is 0 Å². The molecule has 2 N–H and O–H groups in total. The predicted octanol–water partition coefficient (Wildman–Crippen LogP) is 4.14. The Morgan fingerprint density at radius 2 is 1.95 bits per heavy atom. The minimum atomic E-state index is 0.582. The summed E-state index contributed by atoms with van der Waals surface area (Å²) in [6.07, 6.45) is 5.35. The summed E-state index contributed by atoms with van der Waals surface area (Å²) in [5, 5.41) is 6.93. The van der Waals surface area contributed by atoms with E-state index in [0.29, 0.717) is 6.04 Å². The predicted molar refractivity (Wildman–Crippen MR) is 82.6 cm³/mol. The Balaban J connectivity index is 2.04. The third-order valence-electron chi connectivity index (χ3n) is 4.12. The van der Waals surface area contributed by atoms with Gasteiger partial charge in [0, 0.05) is 12.6 Å². The van der Waals surface area contributed by atoms with Crippen molar-refractivity contribution in [2.24, 2.45) is 11.8 Å². The first-order chi connectivity index (χ1) is 9.20. The zero-order chi connectivity index (χ0) is 13.7. The number of anilines is 2. The van der Waals surface area contributed by atoms with Crippen LogP contribution in [0.3, 0.4) is 0 Å². The molecule has 1 aliphatic carbocycles. The molecule has 0 spiro atoms. The van der Waals surface area contributed by atoms with Crippen LogP contribution < -0.4 is 10.6 Å². The molecule has 0 aliphatic heterocycles. The van der Waals surface area contributed by atoms with Crippen molar-refractivity contribution in [1.82, 2.24) is 4.98 Å². The van der Waals surface area contributed by atoms with Crippen LogP contribution >= 0.6 is 0 Å². The molecule has 2 atom stereocenters. The number of nitrogens with one attached hydrogen (secondary N) is 2. The maximum absolute atomic E-state index is 4.63. The Labute approximate surface area is 117 Å². The zero-order valence-corrected chi connectivity index (χ0v) is 12.4. The van der Waals surface area contributed by atoms with Crippen LogP contribution in [-0.2, 0) is 0 Å². The molecule has 3 heteroatoms. The van der Waals surface area contributed by atoms with E-state index in [1.807, 2.05) is 6.07 Å². The molecule has 0 aromatic carbocycles. The lowest BCUT2D eigenvalue weighted by atomic mass is 9.78. The normalized spacial score (nSPS) is 23.4. The lowest BCUT2D eigenvalue weighted by Gasteiger charge is -2.35. The third-order valence-corrected chi connectivity index (χ3v) is 4.12. The third kappa shape index (κ3) is 3.85. The topological polar surface area (TPSA) is 37.0 Å². The van der Waals surface area contributed by atoms with Gasteiger partial charge >= 0.3 is 0 Å². The molecule has 1 saturated carbocycles. The van der Waals surface area contributed by atoms with Gasteiger partial charge in [-0.15, -0.1) is 0 Å². The summed E-state index contributed by atoms with van der Waals surface area (Å²) in [5.74, 6) is 3.49. The fraction of sp³-hybridized carbons (Fsp3) is 0.688. The minimum Gasteiger partial charge on any atom is -0.370 e. The number of hydrogen-bond acceptors (Lipinski definition) is 3. The molecule has 2 rings (SSSR count). The van der Waals surface area contributed by atoms with Crippen LogP contribution in [-0.4, -0.2) is 17.6 Å². The van der Waals surface area contributed by atoms with Crippen molar-refractivity contribution in [2.45, 2.75) is 52.5 Å². The molecule has 106 valence electrons. The van der Waals surface area contributed by atoms with Crippen LogP contribution in [0.2, 0.25) is 0 Å². The van der Waals surface area contributed by atoms with Gasteiger partial charge < -0.3 is 10.6 Å². The highest BCUT2D eigenvalue weighted by Crippen LogP contribution is 2.32. The number of hydrogen-bond donors (Lipinski definition) is 2. The van der Waals surface area contributed by atoms with E-state index in [1.54, 1.807) is 0 Å². The lowest BCUT2D eigenvalue weighted by Crippen LogP contribution is -2.35. The van der Waals surface area contributed by atoms with Crippen LogP contribution in [0.4, 0.5) is 11.6 Å². The van der Waals surface area contributed by atoms with Gasteiger partial charge in [0.25, 0.3) is 0 Å². The second kappa shape index (κ2) is 6.78. The zero-order valence-electron chi connectivity index (χ0n) is 12.4. The Bertz CT molecular complexity index is 389. The minimum absolute atomic E-state index is 0.582. The summed E-state index contributed by atoms with van der Waals surface area (Å²) in [5.41, 5.74) is 0. The van der Waals surface area contributed by atoms with E-state index in [-0.39, 0.29) is 0 Å². The molecule has 1 aliphatic rings. The fourth-order valence-corrected chi connectivity index (χ4v) is 3.12.